The first-order valence-corrected chi connectivity index (χ1v) is 9.01. The van der Waals surface area contributed by atoms with Gasteiger partial charge in [0.25, 0.3) is 5.91 Å². The number of benzene rings is 1. The molecule has 30 heavy (non-hydrogen) atoms. The number of nitrogens with one attached hydrogen (secondary N) is 1. The Morgan fingerprint density at radius 3 is 2.57 bits per heavy atom. The Kier molecular flexibility index (Phi) is 5.02. The standard InChI is InChI=1S/C19H16F3N5O3/c20-19(21,22)30-14-3-1-13(2-4-14)27-16(28)11-26(18(27)29)10-12-5-6-23-9-15(12)17-24-7-8-25-17/h1-6,9H,7-8,10-11H2,(H,24,25). The first-order valence-electron chi connectivity index (χ1n) is 9.01. The van der Waals surface area contributed by atoms with Gasteiger partial charge in [-0.15, -0.1) is 13.2 Å². The largest absolute Gasteiger partial charge is 0.573 e. The lowest BCUT2D eigenvalue weighted by Gasteiger charge is -2.19. The molecule has 3 amide bonds. The molecule has 1 N–H and O–H groups in total. The van der Waals surface area contributed by atoms with Crippen LogP contribution < -0.4 is 15.0 Å². The summed E-state index contributed by atoms with van der Waals surface area (Å²) in [6, 6.07) is 5.76. The van der Waals surface area contributed by atoms with Crippen molar-refractivity contribution in [3.05, 3.63) is 53.9 Å². The van der Waals surface area contributed by atoms with Gasteiger partial charge in [-0.2, -0.15) is 0 Å². The molecule has 11 heteroatoms. The number of nitrogens with zero attached hydrogens (tertiary/aromatic N) is 4. The molecule has 2 aliphatic rings. The molecule has 0 spiro atoms. The predicted octanol–water partition coefficient (Wildman–Crippen LogP) is 2.30. The molecular formula is C19H16F3N5O3. The Morgan fingerprint density at radius 1 is 1.13 bits per heavy atom. The van der Waals surface area contributed by atoms with E-state index in [2.05, 4.69) is 20.0 Å². The van der Waals surface area contributed by atoms with E-state index in [1.54, 1.807) is 18.5 Å². The lowest BCUT2D eigenvalue weighted by molar-refractivity contribution is -0.274. The van der Waals surface area contributed by atoms with Crippen molar-refractivity contribution >= 4 is 23.5 Å². The fourth-order valence-electron chi connectivity index (χ4n) is 3.28. The second-order valence-corrected chi connectivity index (χ2v) is 6.60. The molecule has 2 aromatic rings. The summed E-state index contributed by atoms with van der Waals surface area (Å²) in [7, 11) is 0. The highest BCUT2D eigenvalue weighted by atomic mass is 19.4. The molecule has 8 nitrogen and oxygen atoms in total. The summed E-state index contributed by atoms with van der Waals surface area (Å²) in [5.41, 5.74) is 1.69. The Morgan fingerprint density at radius 2 is 1.90 bits per heavy atom. The number of pyridine rings is 1. The number of hydrogen-bond acceptors (Lipinski definition) is 6. The van der Waals surface area contributed by atoms with Crippen molar-refractivity contribution in [3.63, 3.8) is 0 Å². The van der Waals surface area contributed by atoms with Crippen LogP contribution in [-0.2, 0) is 11.3 Å². The van der Waals surface area contributed by atoms with E-state index in [0.29, 0.717) is 18.9 Å². The maximum absolute atomic E-state index is 12.8. The minimum Gasteiger partial charge on any atom is -0.406 e. The molecule has 1 aromatic heterocycles. The number of imide groups is 1. The fourth-order valence-corrected chi connectivity index (χ4v) is 3.28. The molecule has 2 aliphatic heterocycles. The van der Waals surface area contributed by atoms with Crippen molar-refractivity contribution < 1.29 is 27.5 Å². The van der Waals surface area contributed by atoms with Gasteiger partial charge in [0.15, 0.2) is 0 Å². The second-order valence-electron chi connectivity index (χ2n) is 6.60. The van der Waals surface area contributed by atoms with Crippen LogP contribution in [0.2, 0.25) is 0 Å². The van der Waals surface area contributed by atoms with Gasteiger partial charge in [-0.1, -0.05) is 0 Å². The third-order valence-electron chi connectivity index (χ3n) is 4.57. The quantitative estimate of drug-likeness (QED) is 0.752. The van der Waals surface area contributed by atoms with Gasteiger partial charge >= 0.3 is 12.4 Å². The summed E-state index contributed by atoms with van der Waals surface area (Å²) in [6.45, 7) is 1.37. The third kappa shape index (κ3) is 4.04. The second kappa shape index (κ2) is 7.65. The van der Waals surface area contributed by atoms with E-state index in [9.17, 15) is 22.8 Å². The number of rotatable bonds is 5. The molecule has 0 atom stereocenters. The van der Waals surface area contributed by atoms with E-state index in [0.717, 1.165) is 28.2 Å². The summed E-state index contributed by atoms with van der Waals surface area (Å²) < 4.78 is 40.7. The summed E-state index contributed by atoms with van der Waals surface area (Å²) in [6.07, 6.45) is -1.59. The lowest BCUT2D eigenvalue weighted by atomic mass is 10.1. The van der Waals surface area contributed by atoms with Crippen LogP contribution in [0, 0.1) is 0 Å². The van der Waals surface area contributed by atoms with Gasteiger partial charge in [0.1, 0.15) is 18.1 Å². The van der Waals surface area contributed by atoms with Gasteiger partial charge in [0, 0.05) is 31.0 Å². The number of anilines is 1. The summed E-state index contributed by atoms with van der Waals surface area (Å²) in [5.74, 6) is -0.224. The zero-order valence-electron chi connectivity index (χ0n) is 15.5. The number of amidine groups is 1. The number of halogens is 3. The van der Waals surface area contributed by atoms with Crippen molar-refractivity contribution in [1.82, 2.24) is 15.2 Å². The van der Waals surface area contributed by atoms with Crippen LogP contribution in [-0.4, -0.2) is 53.7 Å². The molecule has 0 unspecified atom stereocenters. The minimum absolute atomic E-state index is 0.151. The number of carbonyl (C=O) groups excluding carboxylic acids is 2. The number of aliphatic imine (C=N–C) groups is 1. The highest BCUT2D eigenvalue weighted by Crippen LogP contribution is 2.28. The molecule has 1 aromatic carbocycles. The van der Waals surface area contributed by atoms with E-state index < -0.39 is 24.1 Å². The number of aromatic nitrogens is 1. The normalized spacial score (nSPS) is 16.7. The van der Waals surface area contributed by atoms with Crippen LogP contribution in [0.3, 0.4) is 0 Å². The monoisotopic (exact) mass is 419 g/mol. The van der Waals surface area contributed by atoms with Crippen LogP contribution in [0.15, 0.2) is 47.7 Å². The molecule has 0 radical (unpaired) electrons. The maximum Gasteiger partial charge on any atom is 0.573 e. The van der Waals surface area contributed by atoms with Crippen molar-refractivity contribution in [2.24, 2.45) is 4.99 Å². The summed E-state index contributed by atoms with van der Waals surface area (Å²) in [5, 5.41) is 3.15. The number of amides is 3. The molecule has 1 saturated heterocycles. The van der Waals surface area contributed by atoms with Gasteiger partial charge in [0.05, 0.1) is 12.2 Å². The zero-order chi connectivity index (χ0) is 21.3. The lowest BCUT2D eigenvalue weighted by Crippen LogP contribution is -2.33. The highest BCUT2D eigenvalue weighted by molar-refractivity contribution is 6.19. The number of ether oxygens (including phenoxy) is 1. The molecule has 1 fully saturated rings. The predicted molar refractivity (Wildman–Crippen MR) is 100 cm³/mol. The van der Waals surface area contributed by atoms with E-state index in [-0.39, 0.29) is 18.8 Å². The fraction of sp³-hybridized carbons (Fsp3) is 0.263. The van der Waals surface area contributed by atoms with Gasteiger partial charge in [-0.05, 0) is 35.9 Å². The minimum atomic E-state index is -4.82. The van der Waals surface area contributed by atoms with Gasteiger partial charge in [-0.25, -0.2) is 9.69 Å². The topological polar surface area (TPSA) is 87.1 Å². The molecule has 156 valence electrons. The van der Waals surface area contributed by atoms with Crippen LogP contribution in [0.25, 0.3) is 0 Å². The summed E-state index contributed by atoms with van der Waals surface area (Å²) >= 11 is 0. The average molecular weight is 419 g/mol. The van der Waals surface area contributed by atoms with Gasteiger partial charge < -0.3 is 15.0 Å². The first kappa shape index (κ1) is 19.7. The first-order chi connectivity index (χ1) is 14.3. The highest BCUT2D eigenvalue weighted by Gasteiger charge is 2.38. The Hall–Kier alpha value is -3.63. The maximum atomic E-state index is 12.8. The van der Waals surface area contributed by atoms with Crippen molar-refractivity contribution in [3.8, 4) is 5.75 Å². The van der Waals surface area contributed by atoms with E-state index >= 15 is 0 Å². The number of alkyl halides is 3. The van der Waals surface area contributed by atoms with E-state index in [1.807, 2.05) is 0 Å². The van der Waals surface area contributed by atoms with E-state index in [4.69, 9.17) is 0 Å². The number of carbonyl (C=O) groups is 2. The van der Waals surface area contributed by atoms with E-state index in [1.165, 1.54) is 17.0 Å². The van der Waals surface area contributed by atoms with Crippen LogP contribution in [0.1, 0.15) is 11.1 Å². The van der Waals surface area contributed by atoms with Crippen molar-refractivity contribution in [1.29, 1.82) is 0 Å². The number of urea groups is 1. The number of hydrogen-bond donors (Lipinski definition) is 1. The third-order valence-corrected chi connectivity index (χ3v) is 4.57. The molecule has 0 aliphatic carbocycles. The molecular weight excluding hydrogens is 403 g/mol. The van der Waals surface area contributed by atoms with Gasteiger partial charge in [-0.3, -0.25) is 14.8 Å². The summed E-state index contributed by atoms with van der Waals surface area (Å²) in [4.78, 5) is 36.0. The van der Waals surface area contributed by atoms with Gasteiger partial charge in [0.2, 0.25) is 0 Å². The van der Waals surface area contributed by atoms with Crippen molar-refractivity contribution in [2.45, 2.75) is 12.9 Å². The van der Waals surface area contributed by atoms with Crippen molar-refractivity contribution in [2.75, 3.05) is 24.5 Å². The SMILES string of the molecule is O=C1CN(Cc2ccncc2C2=NCCN2)C(=O)N1c1ccc(OC(F)(F)F)cc1. The Bertz CT molecular complexity index is 1010. The molecule has 0 bridgehead atoms. The van der Waals surface area contributed by atoms with Crippen LogP contribution in [0.4, 0.5) is 23.7 Å². The van der Waals surface area contributed by atoms with Crippen LogP contribution in [0.5, 0.6) is 5.75 Å². The Balaban J connectivity index is 1.51. The average Bonchev–Trinajstić information content (AvgIpc) is 3.31. The van der Waals surface area contributed by atoms with Crippen LogP contribution >= 0.6 is 0 Å². The smallest absolute Gasteiger partial charge is 0.406 e. The molecule has 0 saturated carbocycles. The molecule has 3 heterocycles. The Labute approximate surface area is 169 Å². The molecule has 4 rings (SSSR count). The zero-order valence-corrected chi connectivity index (χ0v) is 15.5.